The average molecular weight is 460 g/mol. The summed E-state index contributed by atoms with van der Waals surface area (Å²) < 4.78 is 6.20. The van der Waals surface area contributed by atoms with Gasteiger partial charge in [-0.1, -0.05) is 25.3 Å². The average Bonchev–Trinajstić information content (AvgIpc) is 3.34. The Balaban J connectivity index is 1.51. The second kappa shape index (κ2) is 10.1. The van der Waals surface area contributed by atoms with Crippen LogP contribution in [-0.2, 0) is 22.6 Å². The molecular weight excluding hydrogens is 426 g/mol. The highest BCUT2D eigenvalue weighted by Gasteiger charge is 2.33. The number of aliphatic carboxylic acids is 1. The van der Waals surface area contributed by atoms with Gasteiger partial charge in [0.05, 0.1) is 18.0 Å². The van der Waals surface area contributed by atoms with Crippen molar-refractivity contribution in [3.8, 4) is 0 Å². The number of carboxylic acids is 1. The zero-order valence-corrected chi connectivity index (χ0v) is 19.1. The van der Waals surface area contributed by atoms with Gasteiger partial charge in [0.25, 0.3) is 0 Å². The molecule has 2 aliphatic rings. The molecule has 180 valence electrons. The third-order valence-corrected chi connectivity index (χ3v) is 7.16. The highest BCUT2D eigenvalue weighted by atomic mass is 16.4. The number of hydrogen-bond acceptors (Lipinski definition) is 6. The molecule has 1 aliphatic heterocycles. The summed E-state index contributed by atoms with van der Waals surface area (Å²) in [6, 6.07) is 5.11. The number of likely N-dealkylation sites (N-methyl/N-ethyl adjacent to an activating group) is 1. The van der Waals surface area contributed by atoms with Crippen LogP contribution in [0.5, 0.6) is 0 Å². The number of β-amino-alcohol motifs (C(OH)–C–C–N with tert-alkyl or cyclic N) is 1. The van der Waals surface area contributed by atoms with Crippen molar-refractivity contribution in [2.45, 2.75) is 63.6 Å². The maximum atomic E-state index is 13.3. The minimum atomic E-state index is -1.14. The predicted molar refractivity (Wildman–Crippen MR) is 122 cm³/mol. The number of carboxylic acid groups (broad SMARTS) is 1. The van der Waals surface area contributed by atoms with E-state index >= 15 is 0 Å². The monoisotopic (exact) mass is 459 g/mol. The fourth-order valence-corrected chi connectivity index (χ4v) is 5.34. The van der Waals surface area contributed by atoms with Gasteiger partial charge in [-0.15, -0.1) is 0 Å². The lowest BCUT2D eigenvalue weighted by molar-refractivity contribution is -0.137. The summed E-state index contributed by atoms with van der Waals surface area (Å²) in [5.74, 6) is -1.43. The molecule has 1 aliphatic carbocycles. The van der Waals surface area contributed by atoms with E-state index in [1.807, 2.05) is 11.9 Å². The number of fused-ring (bicyclic) bond motifs is 1. The van der Waals surface area contributed by atoms with Crippen molar-refractivity contribution >= 4 is 23.0 Å². The van der Waals surface area contributed by atoms with Gasteiger partial charge in [0, 0.05) is 32.7 Å². The molecule has 33 heavy (non-hydrogen) atoms. The van der Waals surface area contributed by atoms with E-state index in [4.69, 9.17) is 9.52 Å². The predicted octanol–water partition coefficient (Wildman–Crippen LogP) is 1.70. The Kier molecular flexibility index (Phi) is 7.19. The van der Waals surface area contributed by atoms with Crippen LogP contribution in [-0.4, -0.2) is 75.3 Å². The van der Waals surface area contributed by atoms with E-state index in [1.54, 1.807) is 18.2 Å². The van der Waals surface area contributed by atoms with Crippen LogP contribution < -0.4 is 5.76 Å². The summed E-state index contributed by atoms with van der Waals surface area (Å²) in [7, 11) is 1.87. The number of likely N-dealkylation sites (tertiary alicyclic amines) is 1. The number of aromatic nitrogens is 1. The molecule has 2 fully saturated rings. The van der Waals surface area contributed by atoms with Gasteiger partial charge >= 0.3 is 11.7 Å². The zero-order chi connectivity index (χ0) is 23.5. The molecule has 0 bridgehead atoms. The number of hydrogen-bond donors (Lipinski definition) is 2. The van der Waals surface area contributed by atoms with Crippen LogP contribution >= 0.6 is 0 Å². The SMILES string of the molecule is CN(C(=O)Cc1ccc2oc(=O)n(CC(=O)O)c2c1)[C@H](CN1CCC(O)C1)C1CCCCC1. The third-order valence-electron chi connectivity index (χ3n) is 7.16. The maximum absolute atomic E-state index is 13.3. The summed E-state index contributed by atoms with van der Waals surface area (Å²) in [4.78, 5) is 40.6. The standard InChI is InChI=1S/C24H33N3O6/c1-25(20(17-5-3-2-4-6-17)14-26-10-9-18(28)13-26)22(29)12-16-7-8-21-19(11-16)27(15-23(30)31)24(32)33-21/h7-8,11,17-18,20,28H,2-6,9-10,12-15H2,1H3,(H,30,31)/t18?,20-/m1/s1. The number of rotatable bonds is 8. The van der Waals surface area contributed by atoms with Gasteiger partial charge in [-0.2, -0.15) is 0 Å². The fourth-order valence-electron chi connectivity index (χ4n) is 5.34. The molecule has 2 atom stereocenters. The van der Waals surface area contributed by atoms with Crippen LogP contribution in [0, 0.1) is 5.92 Å². The van der Waals surface area contributed by atoms with Crippen LogP contribution in [0.1, 0.15) is 44.1 Å². The first kappa shape index (κ1) is 23.5. The molecule has 9 nitrogen and oxygen atoms in total. The molecule has 0 spiro atoms. The molecule has 1 saturated heterocycles. The maximum Gasteiger partial charge on any atom is 0.420 e. The van der Waals surface area contributed by atoms with Gasteiger partial charge in [-0.25, -0.2) is 4.79 Å². The number of benzene rings is 1. The van der Waals surface area contributed by atoms with Crippen LogP contribution in [0.3, 0.4) is 0 Å². The summed E-state index contributed by atoms with van der Waals surface area (Å²) >= 11 is 0. The first-order chi connectivity index (χ1) is 15.8. The minimum absolute atomic E-state index is 0.0136. The van der Waals surface area contributed by atoms with E-state index in [0.29, 0.717) is 29.1 Å². The molecule has 1 saturated carbocycles. The van der Waals surface area contributed by atoms with E-state index < -0.39 is 18.3 Å². The zero-order valence-electron chi connectivity index (χ0n) is 19.1. The van der Waals surface area contributed by atoms with Crippen LogP contribution in [0.15, 0.2) is 27.4 Å². The summed E-state index contributed by atoms with van der Waals surface area (Å²) in [6.07, 6.45) is 6.48. The molecule has 4 rings (SSSR count). The Hall–Kier alpha value is -2.65. The lowest BCUT2D eigenvalue weighted by Gasteiger charge is -2.39. The van der Waals surface area contributed by atoms with E-state index in [0.717, 1.165) is 36.9 Å². The quantitative estimate of drug-likeness (QED) is 0.617. The molecule has 1 aromatic carbocycles. The van der Waals surface area contributed by atoms with Crippen LogP contribution in [0.4, 0.5) is 0 Å². The highest BCUT2D eigenvalue weighted by Crippen LogP contribution is 2.30. The lowest BCUT2D eigenvalue weighted by atomic mass is 9.83. The van der Waals surface area contributed by atoms with Gasteiger partial charge in [0.1, 0.15) is 6.54 Å². The summed E-state index contributed by atoms with van der Waals surface area (Å²) in [5, 5.41) is 19.0. The number of nitrogens with zero attached hydrogens (tertiary/aromatic N) is 3. The largest absolute Gasteiger partial charge is 0.480 e. The van der Waals surface area contributed by atoms with Crippen molar-refractivity contribution in [3.63, 3.8) is 0 Å². The van der Waals surface area contributed by atoms with Gasteiger partial charge in [-0.3, -0.25) is 19.1 Å². The van der Waals surface area contributed by atoms with Gasteiger partial charge < -0.3 is 19.5 Å². The topological polar surface area (TPSA) is 116 Å². The molecule has 2 aromatic rings. The molecule has 1 amide bonds. The van der Waals surface area contributed by atoms with Gasteiger partial charge in [-0.05, 0) is 42.9 Å². The Morgan fingerprint density at radius 1 is 1.21 bits per heavy atom. The molecule has 2 N–H and O–H groups in total. The first-order valence-corrected chi connectivity index (χ1v) is 11.8. The molecule has 9 heteroatoms. The second-order valence-corrected chi connectivity index (χ2v) is 9.50. The van der Waals surface area contributed by atoms with E-state index in [-0.39, 0.29) is 24.5 Å². The Morgan fingerprint density at radius 3 is 2.64 bits per heavy atom. The number of aliphatic hydroxyl groups is 1. The van der Waals surface area contributed by atoms with Crippen LogP contribution in [0.25, 0.3) is 11.1 Å². The Bertz CT molecular complexity index is 1050. The number of carbonyl (C=O) groups is 2. The van der Waals surface area contributed by atoms with E-state index in [2.05, 4.69) is 4.90 Å². The molecule has 2 heterocycles. The first-order valence-electron chi connectivity index (χ1n) is 11.8. The minimum Gasteiger partial charge on any atom is -0.480 e. The molecule has 1 aromatic heterocycles. The second-order valence-electron chi connectivity index (χ2n) is 9.50. The molecule has 1 unspecified atom stereocenters. The molecular formula is C24H33N3O6. The van der Waals surface area contributed by atoms with Crippen molar-refractivity contribution in [1.82, 2.24) is 14.4 Å². The van der Waals surface area contributed by atoms with Crippen molar-refractivity contribution in [1.29, 1.82) is 0 Å². The van der Waals surface area contributed by atoms with Crippen molar-refractivity contribution in [3.05, 3.63) is 34.3 Å². The number of aliphatic hydroxyl groups excluding tert-OH is 1. The molecule has 0 radical (unpaired) electrons. The fraction of sp³-hybridized carbons (Fsp3) is 0.625. The number of oxazole rings is 1. The number of carbonyl (C=O) groups excluding carboxylic acids is 1. The highest BCUT2D eigenvalue weighted by molar-refractivity contribution is 5.82. The lowest BCUT2D eigenvalue weighted by Crippen LogP contribution is -2.49. The van der Waals surface area contributed by atoms with Crippen molar-refractivity contribution in [2.24, 2.45) is 5.92 Å². The smallest absolute Gasteiger partial charge is 0.420 e. The summed E-state index contributed by atoms with van der Waals surface area (Å²) in [6.45, 7) is 1.78. The van der Waals surface area contributed by atoms with E-state index in [9.17, 15) is 19.5 Å². The van der Waals surface area contributed by atoms with E-state index in [1.165, 1.54) is 19.3 Å². The van der Waals surface area contributed by atoms with Crippen molar-refractivity contribution in [2.75, 3.05) is 26.7 Å². The summed E-state index contributed by atoms with van der Waals surface area (Å²) in [5.41, 5.74) is 1.39. The van der Waals surface area contributed by atoms with Gasteiger partial charge in [0.2, 0.25) is 5.91 Å². The van der Waals surface area contributed by atoms with Gasteiger partial charge in [0.15, 0.2) is 5.58 Å². The number of amides is 1. The Labute approximate surface area is 192 Å². The van der Waals surface area contributed by atoms with Crippen molar-refractivity contribution < 1.29 is 24.2 Å². The Morgan fingerprint density at radius 2 is 1.97 bits per heavy atom. The third kappa shape index (κ3) is 5.47. The van der Waals surface area contributed by atoms with Crippen LogP contribution in [0.2, 0.25) is 0 Å². The normalized spacial score (nSPS) is 20.8.